The van der Waals surface area contributed by atoms with E-state index in [4.69, 9.17) is 5.11 Å². The van der Waals surface area contributed by atoms with E-state index in [1.807, 2.05) is 11.4 Å². The number of carbonyl (C=O) groups is 1. The number of H-pyrrole nitrogens is 1. The van der Waals surface area contributed by atoms with Crippen molar-refractivity contribution in [3.05, 3.63) is 38.1 Å². The van der Waals surface area contributed by atoms with E-state index < -0.39 is 5.97 Å². The molecule has 0 aliphatic rings. The third-order valence-electron chi connectivity index (χ3n) is 2.57. The molecule has 0 fully saturated rings. The van der Waals surface area contributed by atoms with E-state index in [1.165, 1.54) is 2.88 Å². The highest BCUT2D eigenvalue weighted by molar-refractivity contribution is 14.1. The first-order chi connectivity index (χ1) is 8.63. The Morgan fingerprint density at radius 2 is 2.22 bits per heavy atom. The zero-order chi connectivity index (χ0) is 12.7. The highest BCUT2D eigenvalue weighted by Crippen LogP contribution is 2.26. The Labute approximate surface area is 120 Å². The maximum atomic E-state index is 10.9. The number of benzene rings is 1. The van der Waals surface area contributed by atoms with Crippen LogP contribution in [0.5, 0.6) is 0 Å². The first-order valence-corrected chi connectivity index (χ1v) is 7.07. The molecular weight excluding hydrogens is 363 g/mol. The van der Waals surface area contributed by atoms with Gasteiger partial charge in [-0.15, -0.1) is 11.3 Å². The van der Waals surface area contributed by atoms with Crippen LogP contribution in [-0.4, -0.2) is 21.0 Å². The van der Waals surface area contributed by atoms with Gasteiger partial charge >= 0.3 is 5.97 Å². The summed E-state index contributed by atoms with van der Waals surface area (Å²) in [5.74, 6) is -0.162. The van der Waals surface area contributed by atoms with Gasteiger partial charge in [-0.05, 0) is 46.9 Å². The predicted molar refractivity (Wildman–Crippen MR) is 79.1 cm³/mol. The first kappa shape index (κ1) is 11.7. The number of nitrogens with zero attached hydrogens (tertiary/aromatic N) is 1. The van der Waals surface area contributed by atoms with Gasteiger partial charge in [0.05, 0.1) is 19.5 Å². The number of imidazole rings is 1. The van der Waals surface area contributed by atoms with Crippen molar-refractivity contribution in [3.63, 3.8) is 0 Å². The van der Waals surface area contributed by atoms with Crippen LogP contribution >= 0.6 is 33.9 Å². The molecule has 4 nitrogen and oxygen atoms in total. The summed E-state index contributed by atoms with van der Waals surface area (Å²) in [5.41, 5.74) is 2.80. The lowest BCUT2D eigenvalue weighted by Gasteiger charge is -1.92. The maximum absolute atomic E-state index is 10.9. The minimum absolute atomic E-state index is 0.262. The van der Waals surface area contributed by atoms with Crippen molar-refractivity contribution < 1.29 is 9.90 Å². The van der Waals surface area contributed by atoms with E-state index in [9.17, 15) is 4.79 Å². The van der Waals surface area contributed by atoms with Crippen LogP contribution < -0.4 is 0 Å². The second-order valence-electron chi connectivity index (χ2n) is 3.76. The molecule has 0 spiro atoms. The standard InChI is InChI=1S/C12H7IN2O2S/c13-10-4-7(5-18-10)11-14-8-2-1-6(12(16)17)3-9(8)15-11/h1-5H,(H,14,15)(H,16,17). The van der Waals surface area contributed by atoms with E-state index in [1.54, 1.807) is 29.5 Å². The van der Waals surface area contributed by atoms with Gasteiger partial charge in [0.2, 0.25) is 0 Å². The Bertz CT molecular complexity index is 747. The quantitative estimate of drug-likeness (QED) is 0.678. The van der Waals surface area contributed by atoms with Crippen LogP contribution in [0.3, 0.4) is 0 Å². The van der Waals surface area contributed by atoms with Gasteiger partial charge in [-0.1, -0.05) is 0 Å². The Morgan fingerprint density at radius 1 is 1.39 bits per heavy atom. The number of nitrogens with one attached hydrogen (secondary N) is 1. The van der Waals surface area contributed by atoms with Crippen molar-refractivity contribution in [2.75, 3.05) is 0 Å². The zero-order valence-electron chi connectivity index (χ0n) is 8.98. The van der Waals surface area contributed by atoms with Crippen LogP contribution in [0.25, 0.3) is 22.4 Å². The second-order valence-corrected chi connectivity index (χ2v) is 6.57. The number of rotatable bonds is 2. The molecule has 0 radical (unpaired) electrons. The van der Waals surface area contributed by atoms with E-state index in [0.29, 0.717) is 0 Å². The van der Waals surface area contributed by atoms with Crippen LogP contribution in [0.15, 0.2) is 29.6 Å². The number of aromatic nitrogens is 2. The molecule has 0 atom stereocenters. The molecule has 0 saturated carbocycles. The van der Waals surface area contributed by atoms with E-state index in [2.05, 4.69) is 32.6 Å². The fraction of sp³-hybridized carbons (Fsp3) is 0. The van der Waals surface area contributed by atoms with Crippen molar-refractivity contribution in [2.45, 2.75) is 0 Å². The van der Waals surface area contributed by atoms with Gasteiger partial charge in [-0.25, -0.2) is 9.78 Å². The molecule has 18 heavy (non-hydrogen) atoms. The monoisotopic (exact) mass is 370 g/mol. The van der Waals surface area contributed by atoms with Gasteiger partial charge in [-0.2, -0.15) is 0 Å². The highest BCUT2D eigenvalue weighted by Gasteiger charge is 2.09. The Morgan fingerprint density at radius 3 is 2.89 bits per heavy atom. The van der Waals surface area contributed by atoms with Gasteiger partial charge in [0.1, 0.15) is 5.82 Å². The summed E-state index contributed by atoms with van der Waals surface area (Å²) in [5, 5.41) is 11.0. The van der Waals surface area contributed by atoms with Gasteiger partial charge in [-0.3, -0.25) is 0 Å². The summed E-state index contributed by atoms with van der Waals surface area (Å²) in [6, 6.07) is 6.93. The number of aromatic amines is 1. The average Bonchev–Trinajstić information content (AvgIpc) is 2.93. The van der Waals surface area contributed by atoms with Crippen LogP contribution in [0.2, 0.25) is 0 Å². The van der Waals surface area contributed by atoms with Crippen molar-refractivity contribution in [1.29, 1.82) is 0 Å². The Hall–Kier alpha value is -1.41. The molecule has 2 heterocycles. The number of hydrogen-bond acceptors (Lipinski definition) is 3. The minimum Gasteiger partial charge on any atom is -0.478 e. The van der Waals surface area contributed by atoms with Gasteiger partial charge in [0.15, 0.2) is 0 Å². The Balaban J connectivity index is 2.13. The highest BCUT2D eigenvalue weighted by atomic mass is 127. The molecule has 0 unspecified atom stereocenters. The molecule has 2 aromatic heterocycles. The topological polar surface area (TPSA) is 66.0 Å². The van der Waals surface area contributed by atoms with Crippen LogP contribution in [0.1, 0.15) is 10.4 Å². The summed E-state index contributed by atoms with van der Waals surface area (Å²) in [6.07, 6.45) is 0. The van der Waals surface area contributed by atoms with Gasteiger partial charge < -0.3 is 10.1 Å². The largest absolute Gasteiger partial charge is 0.478 e. The smallest absolute Gasteiger partial charge is 0.335 e. The third-order valence-corrected chi connectivity index (χ3v) is 4.36. The minimum atomic E-state index is -0.932. The first-order valence-electron chi connectivity index (χ1n) is 5.11. The predicted octanol–water partition coefficient (Wildman–Crippen LogP) is 3.59. The summed E-state index contributed by atoms with van der Waals surface area (Å²) in [4.78, 5) is 18.5. The van der Waals surface area contributed by atoms with Crippen LogP contribution in [0.4, 0.5) is 0 Å². The number of halogens is 1. The molecule has 0 aliphatic heterocycles. The summed E-state index contributed by atoms with van der Waals surface area (Å²) >= 11 is 3.91. The van der Waals surface area contributed by atoms with Crippen LogP contribution in [-0.2, 0) is 0 Å². The number of hydrogen-bond donors (Lipinski definition) is 2. The van der Waals surface area contributed by atoms with E-state index in [0.717, 1.165) is 22.4 Å². The number of thiophene rings is 1. The third kappa shape index (κ3) is 2.01. The van der Waals surface area contributed by atoms with Crippen molar-refractivity contribution in [2.24, 2.45) is 0 Å². The molecule has 0 saturated heterocycles. The number of carboxylic acid groups (broad SMARTS) is 1. The maximum Gasteiger partial charge on any atom is 0.335 e. The van der Waals surface area contributed by atoms with Crippen LogP contribution in [0, 0.1) is 2.88 Å². The summed E-state index contributed by atoms with van der Waals surface area (Å²) in [6.45, 7) is 0. The molecule has 90 valence electrons. The molecule has 3 rings (SSSR count). The normalized spacial score (nSPS) is 10.9. The molecule has 2 N–H and O–H groups in total. The molecule has 6 heteroatoms. The van der Waals surface area contributed by atoms with Crippen molar-refractivity contribution in [1.82, 2.24) is 9.97 Å². The second kappa shape index (κ2) is 4.36. The number of aromatic carboxylic acids is 1. The molecule has 0 aliphatic carbocycles. The number of fused-ring (bicyclic) bond motifs is 1. The summed E-state index contributed by atoms with van der Waals surface area (Å²) in [7, 11) is 0. The van der Waals surface area contributed by atoms with Crippen molar-refractivity contribution in [3.8, 4) is 11.4 Å². The molecule has 1 aromatic carbocycles. The van der Waals surface area contributed by atoms with E-state index in [-0.39, 0.29) is 5.56 Å². The fourth-order valence-electron chi connectivity index (χ4n) is 1.71. The SMILES string of the molecule is O=C(O)c1ccc2nc(-c3csc(I)c3)[nH]c2c1. The lowest BCUT2D eigenvalue weighted by Crippen LogP contribution is -1.94. The summed E-state index contributed by atoms with van der Waals surface area (Å²) < 4.78 is 1.19. The molecule has 0 bridgehead atoms. The number of carboxylic acids is 1. The van der Waals surface area contributed by atoms with Gasteiger partial charge in [0.25, 0.3) is 0 Å². The Kier molecular flexibility index (Phi) is 2.83. The molecule has 0 amide bonds. The average molecular weight is 370 g/mol. The van der Waals surface area contributed by atoms with Gasteiger partial charge in [0, 0.05) is 10.9 Å². The van der Waals surface area contributed by atoms with E-state index >= 15 is 0 Å². The fourth-order valence-corrected chi connectivity index (χ4v) is 3.04. The molecular formula is C12H7IN2O2S. The molecule has 3 aromatic rings. The zero-order valence-corrected chi connectivity index (χ0v) is 11.9. The lowest BCUT2D eigenvalue weighted by molar-refractivity contribution is 0.0697. The lowest BCUT2D eigenvalue weighted by atomic mass is 10.2. The van der Waals surface area contributed by atoms with Crippen molar-refractivity contribution >= 4 is 50.9 Å².